The van der Waals surface area contributed by atoms with Gasteiger partial charge in [-0.05, 0) is 18.6 Å². The molecule has 1 atom stereocenters. The van der Waals surface area contributed by atoms with Crippen molar-refractivity contribution in [3.05, 3.63) is 29.6 Å². The fourth-order valence-corrected chi connectivity index (χ4v) is 1.30. The molecule has 0 heterocycles. The molecule has 3 heteroatoms. The van der Waals surface area contributed by atoms with Gasteiger partial charge in [0, 0.05) is 19.6 Å². The molecule has 1 rings (SSSR count). The van der Waals surface area contributed by atoms with Crippen LogP contribution >= 0.6 is 0 Å². The van der Waals surface area contributed by atoms with Crippen LogP contribution in [0.2, 0.25) is 0 Å². The molecule has 1 aromatic carbocycles. The maximum atomic E-state index is 13.0. The number of halogens is 1. The van der Waals surface area contributed by atoms with Gasteiger partial charge in [-0.2, -0.15) is 0 Å². The van der Waals surface area contributed by atoms with E-state index in [0.29, 0.717) is 5.75 Å². The SMILES string of the molecule is CCCC(OC)Oc1cc(F)ccc1C. The first-order valence-electron chi connectivity index (χ1n) is 5.13. The van der Waals surface area contributed by atoms with Gasteiger partial charge in [0.15, 0.2) is 6.29 Å². The fourth-order valence-electron chi connectivity index (χ4n) is 1.30. The minimum atomic E-state index is -0.296. The lowest BCUT2D eigenvalue weighted by molar-refractivity contribution is -0.0588. The Morgan fingerprint density at radius 3 is 2.73 bits per heavy atom. The molecule has 0 saturated carbocycles. The number of rotatable bonds is 5. The predicted molar refractivity (Wildman–Crippen MR) is 57.5 cm³/mol. The van der Waals surface area contributed by atoms with E-state index < -0.39 is 0 Å². The Morgan fingerprint density at radius 1 is 1.40 bits per heavy atom. The van der Waals surface area contributed by atoms with Gasteiger partial charge in [0.1, 0.15) is 11.6 Å². The highest BCUT2D eigenvalue weighted by Crippen LogP contribution is 2.21. The van der Waals surface area contributed by atoms with Crippen molar-refractivity contribution in [2.24, 2.45) is 0 Å². The van der Waals surface area contributed by atoms with Crippen LogP contribution in [0.15, 0.2) is 18.2 Å². The Bertz CT molecular complexity index is 312. The monoisotopic (exact) mass is 212 g/mol. The van der Waals surface area contributed by atoms with Crippen LogP contribution in [0.5, 0.6) is 5.75 Å². The molecule has 0 N–H and O–H groups in total. The van der Waals surface area contributed by atoms with Crippen LogP contribution in [0.1, 0.15) is 25.3 Å². The van der Waals surface area contributed by atoms with Crippen LogP contribution in [0, 0.1) is 12.7 Å². The van der Waals surface area contributed by atoms with Crippen LogP contribution in [-0.2, 0) is 4.74 Å². The highest BCUT2D eigenvalue weighted by Gasteiger charge is 2.10. The zero-order valence-electron chi connectivity index (χ0n) is 9.42. The summed E-state index contributed by atoms with van der Waals surface area (Å²) in [5, 5.41) is 0. The van der Waals surface area contributed by atoms with Gasteiger partial charge in [0.25, 0.3) is 0 Å². The summed E-state index contributed by atoms with van der Waals surface area (Å²) >= 11 is 0. The maximum absolute atomic E-state index is 13.0. The molecule has 1 aromatic rings. The Balaban J connectivity index is 2.73. The molecule has 0 aliphatic rings. The number of hydrogen-bond acceptors (Lipinski definition) is 2. The van der Waals surface area contributed by atoms with E-state index in [9.17, 15) is 4.39 Å². The van der Waals surface area contributed by atoms with Crippen LogP contribution in [0.3, 0.4) is 0 Å². The quantitative estimate of drug-likeness (QED) is 0.697. The van der Waals surface area contributed by atoms with Crippen molar-refractivity contribution in [1.82, 2.24) is 0 Å². The molecule has 84 valence electrons. The number of aryl methyl sites for hydroxylation is 1. The van der Waals surface area contributed by atoms with Crippen molar-refractivity contribution < 1.29 is 13.9 Å². The molecular weight excluding hydrogens is 195 g/mol. The normalized spacial score (nSPS) is 12.5. The van der Waals surface area contributed by atoms with Crippen molar-refractivity contribution in [2.75, 3.05) is 7.11 Å². The van der Waals surface area contributed by atoms with Crippen LogP contribution in [0.4, 0.5) is 4.39 Å². The van der Waals surface area contributed by atoms with E-state index in [0.717, 1.165) is 18.4 Å². The summed E-state index contributed by atoms with van der Waals surface area (Å²) < 4.78 is 23.7. The lowest BCUT2D eigenvalue weighted by atomic mass is 10.2. The molecule has 0 aliphatic heterocycles. The molecule has 0 spiro atoms. The zero-order chi connectivity index (χ0) is 11.3. The second kappa shape index (κ2) is 5.71. The van der Waals surface area contributed by atoms with Crippen molar-refractivity contribution in [3.8, 4) is 5.75 Å². The highest BCUT2D eigenvalue weighted by molar-refractivity contribution is 5.32. The smallest absolute Gasteiger partial charge is 0.199 e. The third kappa shape index (κ3) is 3.51. The van der Waals surface area contributed by atoms with Crippen molar-refractivity contribution in [1.29, 1.82) is 0 Å². The Kier molecular flexibility index (Phi) is 4.56. The third-order valence-corrected chi connectivity index (χ3v) is 2.20. The van der Waals surface area contributed by atoms with Gasteiger partial charge >= 0.3 is 0 Å². The molecule has 0 amide bonds. The third-order valence-electron chi connectivity index (χ3n) is 2.20. The predicted octanol–water partition coefficient (Wildman–Crippen LogP) is 3.29. The van der Waals surface area contributed by atoms with E-state index in [2.05, 4.69) is 0 Å². The van der Waals surface area contributed by atoms with Gasteiger partial charge in [-0.25, -0.2) is 4.39 Å². The van der Waals surface area contributed by atoms with Gasteiger partial charge in [0.05, 0.1) is 0 Å². The first-order valence-corrected chi connectivity index (χ1v) is 5.13. The summed E-state index contributed by atoms with van der Waals surface area (Å²) in [5.41, 5.74) is 0.912. The molecular formula is C12H17FO2. The van der Waals surface area contributed by atoms with Gasteiger partial charge < -0.3 is 9.47 Å². The van der Waals surface area contributed by atoms with E-state index in [4.69, 9.17) is 9.47 Å². The minimum absolute atomic E-state index is 0.290. The van der Waals surface area contributed by atoms with E-state index >= 15 is 0 Å². The topological polar surface area (TPSA) is 18.5 Å². The average Bonchev–Trinajstić information content (AvgIpc) is 2.22. The molecule has 0 aromatic heterocycles. The summed E-state index contributed by atoms with van der Waals surface area (Å²) in [6.07, 6.45) is 1.47. The lowest BCUT2D eigenvalue weighted by Gasteiger charge is -2.18. The first kappa shape index (κ1) is 12.0. The van der Waals surface area contributed by atoms with Gasteiger partial charge in [0.2, 0.25) is 0 Å². The van der Waals surface area contributed by atoms with E-state index in [-0.39, 0.29) is 12.1 Å². The Hall–Kier alpha value is -1.09. The van der Waals surface area contributed by atoms with Gasteiger partial charge in [-0.1, -0.05) is 19.4 Å². The van der Waals surface area contributed by atoms with Crippen LogP contribution in [-0.4, -0.2) is 13.4 Å². The van der Waals surface area contributed by atoms with E-state index in [1.807, 2.05) is 13.8 Å². The van der Waals surface area contributed by atoms with Crippen molar-refractivity contribution >= 4 is 0 Å². The van der Waals surface area contributed by atoms with Gasteiger partial charge in [-0.3, -0.25) is 0 Å². The molecule has 0 radical (unpaired) electrons. The molecule has 0 saturated heterocycles. The summed E-state index contributed by atoms with van der Waals surface area (Å²) in [5.74, 6) is 0.261. The summed E-state index contributed by atoms with van der Waals surface area (Å²) in [6, 6.07) is 4.50. The molecule has 1 unspecified atom stereocenters. The summed E-state index contributed by atoms with van der Waals surface area (Å²) in [4.78, 5) is 0. The molecule has 0 fully saturated rings. The largest absolute Gasteiger partial charge is 0.465 e. The lowest BCUT2D eigenvalue weighted by Crippen LogP contribution is -2.18. The minimum Gasteiger partial charge on any atom is -0.465 e. The summed E-state index contributed by atoms with van der Waals surface area (Å²) in [7, 11) is 1.59. The molecule has 2 nitrogen and oxygen atoms in total. The van der Waals surface area contributed by atoms with Crippen molar-refractivity contribution in [3.63, 3.8) is 0 Å². The molecule has 0 aliphatic carbocycles. The summed E-state index contributed by atoms with van der Waals surface area (Å²) in [6.45, 7) is 3.93. The zero-order valence-corrected chi connectivity index (χ0v) is 9.42. The highest BCUT2D eigenvalue weighted by atomic mass is 19.1. The second-order valence-corrected chi connectivity index (χ2v) is 3.48. The first-order chi connectivity index (χ1) is 7.17. The number of ether oxygens (including phenoxy) is 2. The number of methoxy groups -OCH3 is 1. The van der Waals surface area contributed by atoms with E-state index in [1.54, 1.807) is 13.2 Å². The Labute approximate surface area is 90.0 Å². The molecule has 0 bridgehead atoms. The van der Waals surface area contributed by atoms with E-state index in [1.165, 1.54) is 12.1 Å². The fraction of sp³-hybridized carbons (Fsp3) is 0.500. The number of benzene rings is 1. The maximum Gasteiger partial charge on any atom is 0.199 e. The van der Waals surface area contributed by atoms with Crippen LogP contribution in [0.25, 0.3) is 0 Å². The number of hydrogen-bond donors (Lipinski definition) is 0. The average molecular weight is 212 g/mol. The van der Waals surface area contributed by atoms with Crippen LogP contribution < -0.4 is 4.74 Å². The molecule has 15 heavy (non-hydrogen) atoms. The van der Waals surface area contributed by atoms with Gasteiger partial charge in [-0.15, -0.1) is 0 Å². The van der Waals surface area contributed by atoms with Crippen molar-refractivity contribution in [2.45, 2.75) is 33.0 Å². The Morgan fingerprint density at radius 2 is 2.13 bits per heavy atom. The second-order valence-electron chi connectivity index (χ2n) is 3.48. The standard InChI is InChI=1S/C12H17FO2/c1-4-5-12(14-3)15-11-8-10(13)7-6-9(11)2/h6-8,12H,4-5H2,1-3H3.